The van der Waals surface area contributed by atoms with Gasteiger partial charge >= 0.3 is 0 Å². The van der Waals surface area contributed by atoms with Crippen LogP contribution in [-0.2, 0) is 0 Å². The van der Waals surface area contributed by atoms with Gasteiger partial charge in [-0.25, -0.2) is 4.98 Å². The van der Waals surface area contributed by atoms with Crippen molar-refractivity contribution in [2.45, 2.75) is 33.7 Å². The average molecular weight is 485 g/mol. The lowest BCUT2D eigenvalue weighted by Crippen LogP contribution is -2.30. The molecule has 36 heavy (non-hydrogen) atoms. The molecule has 0 saturated heterocycles. The van der Waals surface area contributed by atoms with E-state index in [4.69, 9.17) is 13.9 Å². The average Bonchev–Trinajstić information content (AvgIpc) is 3.16. The molecule has 0 bridgehead atoms. The van der Waals surface area contributed by atoms with Gasteiger partial charge in [0.05, 0.1) is 30.7 Å². The molecule has 7 heteroatoms. The number of benzene rings is 2. The minimum atomic E-state index is -0.738. The van der Waals surface area contributed by atoms with Gasteiger partial charge in [0.2, 0.25) is 5.76 Å². The Bertz CT molecular complexity index is 1520. The Morgan fingerprint density at radius 1 is 1.03 bits per heavy atom. The number of hydrogen-bond acceptors (Lipinski definition) is 6. The second-order valence-corrected chi connectivity index (χ2v) is 9.49. The maximum Gasteiger partial charge on any atom is 0.296 e. The number of methoxy groups -OCH3 is 1. The number of anilines is 1. The highest BCUT2D eigenvalue weighted by molar-refractivity contribution is 6.10. The molecule has 1 unspecified atom stereocenters. The predicted molar refractivity (Wildman–Crippen MR) is 138 cm³/mol. The highest BCUT2D eigenvalue weighted by Crippen LogP contribution is 2.42. The molecule has 0 radical (unpaired) electrons. The van der Waals surface area contributed by atoms with Crippen molar-refractivity contribution in [3.8, 4) is 11.5 Å². The molecule has 7 nitrogen and oxygen atoms in total. The summed E-state index contributed by atoms with van der Waals surface area (Å²) in [5.74, 6) is 1.51. The van der Waals surface area contributed by atoms with E-state index in [1.54, 1.807) is 31.5 Å². The normalized spacial score (nSPS) is 15.0. The van der Waals surface area contributed by atoms with Crippen LogP contribution in [0.25, 0.3) is 11.0 Å². The van der Waals surface area contributed by atoms with Gasteiger partial charge < -0.3 is 13.9 Å². The van der Waals surface area contributed by atoms with Crippen LogP contribution in [0, 0.1) is 19.8 Å². The monoisotopic (exact) mass is 484 g/mol. The molecule has 2 aromatic heterocycles. The summed E-state index contributed by atoms with van der Waals surface area (Å²) in [6.07, 6.45) is 1.62. The van der Waals surface area contributed by atoms with Crippen LogP contribution < -0.4 is 19.8 Å². The maximum absolute atomic E-state index is 13.9. The summed E-state index contributed by atoms with van der Waals surface area (Å²) in [5.41, 5.74) is 3.11. The van der Waals surface area contributed by atoms with E-state index in [1.165, 1.54) is 4.90 Å². The minimum Gasteiger partial charge on any atom is -0.493 e. The molecule has 1 aliphatic rings. The molecular formula is C29H28N2O5. The number of pyridine rings is 1. The summed E-state index contributed by atoms with van der Waals surface area (Å²) < 4.78 is 17.6. The van der Waals surface area contributed by atoms with Gasteiger partial charge in [0.1, 0.15) is 11.4 Å². The summed E-state index contributed by atoms with van der Waals surface area (Å²) >= 11 is 0. The third-order valence-electron chi connectivity index (χ3n) is 6.46. The molecule has 0 N–H and O–H groups in total. The van der Waals surface area contributed by atoms with Gasteiger partial charge in [-0.3, -0.25) is 14.5 Å². The molecule has 5 rings (SSSR count). The van der Waals surface area contributed by atoms with Crippen molar-refractivity contribution in [1.29, 1.82) is 0 Å². The first-order chi connectivity index (χ1) is 17.3. The Balaban J connectivity index is 1.74. The molecule has 184 valence electrons. The summed E-state index contributed by atoms with van der Waals surface area (Å²) in [5, 5.41) is 0.446. The zero-order valence-electron chi connectivity index (χ0n) is 21.0. The molecule has 1 aliphatic heterocycles. The van der Waals surface area contributed by atoms with Crippen LogP contribution in [0.4, 0.5) is 5.82 Å². The van der Waals surface area contributed by atoms with Crippen molar-refractivity contribution < 1.29 is 18.7 Å². The molecular weight excluding hydrogens is 456 g/mol. The van der Waals surface area contributed by atoms with E-state index in [-0.39, 0.29) is 11.2 Å². The van der Waals surface area contributed by atoms with E-state index in [0.717, 1.165) is 11.1 Å². The van der Waals surface area contributed by atoms with Crippen LogP contribution in [0.2, 0.25) is 0 Å². The number of aryl methyl sites for hydroxylation is 2. The third-order valence-corrected chi connectivity index (χ3v) is 6.46. The Morgan fingerprint density at radius 2 is 1.81 bits per heavy atom. The fraction of sp³-hybridized carbons (Fsp3) is 0.276. The highest BCUT2D eigenvalue weighted by Gasteiger charge is 2.44. The number of nitrogens with zero attached hydrogens (tertiary/aromatic N) is 2. The zero-order chi connectivity index (χ0) is 25.6. The molecule has 1 atom stereocenters. The topological polar surface area (TPSA) is 81.9 Å². The van der Waals surface area contributed by atoms with Crippen molar-refractivity contribution in [3.63, 3.8) is 0 Å². The van der Waals surface area contributed by atoms with Gasteiger partial charge in [-0.15, -0.1) is 0 Å². The van der Waals surface area contributed by atoms with Gasteiger partial charge in [-0.05, 0) is 72.9 Å². The summed E-state index contributed by atoms with van der Waals surface area (Å²) in [4.78, 5) is 33.5. The number of carbonyl (C=O) groups excluding carboxylic acids is 1. The number of ether oxygens (including phenoxy) is 2. The van der Waals surface area contributed by atoms with Gasteiger partial charge in [-0.2, -0.15) is 0 Å². The molecule has 3 heterocycles. The van der Waals surface area contributed by atoms with Crippen LogP contribution in [0.5, 0.6) is 11.5 Å². The second kappa shape index (κ2) is 9.15. The lowest BCUT2D eigenvalue weighted by atomic mass is 9.97. The fourth-order valence-electron chi connectivity index (χ4n) is 4.51. The number of fused-ring (bicyclic) bond motifs is 2. The first-order valence-corrected chi connectivity index (χ1v) is 11.9. The van der Waals surface area contributed by atoms with Crippen molar-refractivity contribution >= 4 is 22.7 Å². The van der Waals surface area contributed by atoms with Crippen LogP contribution in [0.3, 0.4) is 0 Å². The maximum atomic E-state index is 13.9. The van der Waals surface area contributed by atoms with Crippen molar-refractivity contribution in [2.24, 2.45) is 5.92 Å². The van der Waals surface area contributed by atoms with Crippen molar-refractivity contribution in [1.82, 2.24) is 4.98 Å². The fourth-order valence-corrected chi connectivity index (χ4v) is 4.51. The first-order valence-electron chi connectivity index (χ1n) is 11.9. The lowest BCUT2D eigenvalue weighted by molar-refractivity contribution is 0.0970. The van der Waals surface area contributed by atoms with Crippen LogP contribution in [0.15, 0.2) is 63.9 Å². The predicted octanol–water partition coefficient (Wildman–Crippen LogP) is 5.60. The second-order valence-electron chi connectivity index (χ2n) is 9.49. The summed E-state index contributed by atoms with van der Waals surface area (Å²) in [6, 6.07) is 13.7. The van der Waals surface area contributed by atoms with Gasteiger partial charge in [0, 0.05) is 6.20 Å². The van der Waals surface area contributed by atoms with E-state index >= 15 is 0 Å². The van der Waals surface area contributed by atoms with E-state index in [2.05, 4.69) is 18.8 Å². The van der Waals surface area contributed by atoms with Crippen LogP contribution in [0.1, 0.15) is 52.7 Å². The standard InChI is InChI=1S/C29H28N2O5/c1-16(2)15-35-21-10-9-19(14-23(21)34-5)26-25-27(32)20-12-17(3)18(4)13-22(20)36-28(25)29(33)31(26)24-8-6-7-11-30-24/h6-14,16,26H,15H2,1-5H3. The van der Waals surface area contributed by atoms with Crippen LogP contribution >= 0.6 is 0 Å². The molecule has 1 amide bonds. The van der Waals surface area contributed by atoms with Crippen LogP contribution in [-0.4, -0.2) is 24.6 Å². The number of hydrogen-bond donors (Lipinski definition) is 0. The zero-order valence-corrected chi connectivity index (χ0v) is 21.0. The molecule has 0 fully saturated rings. The van der Waals surface area contributed by atoms with Gasteiger partial charge in [0.25, 0.3) is 5.91 Å². The van der Waals surface area contributed by atoms with E-state index in [0.29, 0.717) is 51.9 Å². The largest absolute Gasteiger partial charge is 0.493 e. The molecule has 4 aromatic rings. The number of aromatic nitrogens is 1. The Morgan fingerprint density at radius 3 is 2.50 bits per heavy atom. The SMILES string of the molecule is COc1cc(C2c3c(oc4cc(C)c(C)cc4c3=O)C(=O)N2c2ccccn2)ccc1OCC(C)C. The highest BCUT2D eigenvalue weighted by atomic mass is 16.5. The van der Waals surface area contributed by atoms with Gasteiger partial charge in [0.15, 0.2) is 16.9 Å². The number of amides is 1. The Labute approximate surface area is 209 Å². The lowest BCUT2D eigenvalue weighted by Gasteiger charge is -2.25. The smallest absolute Gasteiger partial charge is 0.296 e. The molecule has 0 spiro atoms. The molecule has 0 aliphatic carbocycles. The molecule has 0 saturated carbocycles. The third kappa shape index (κ3) is 3.90. The summed E-state index contributed by atoms with van der Waals surface area (Å²) in [7, 11) is 1.57. The molecule has 2 aromatic carbocycles. The first kappa shape index (κ1) is 23.6. The van der Waals surface area contributed by atoms with Gasteiger partial charge in [-0.1, -0.05) is 26.0 Å². The van der Waals surface area contributed by atoms with E-state index < -0.39 is 11.9 Å². The Hall–Kier alpha value is -4.13. The number of rotatable bonds is 6. The van der Waals surface area contributed by atoms with Crippen molar-refractivity contribution in [3.05, 3.63) is 93.0 Å². The van der Waals surface area contributed by atoms with E-state index in [9.17, 15) is 9.59 Å². The quantitative estimate of drug-likeness (QED) is 0.354. The number of carbonyl (C=O) groups is 1. The Kier molecular flexibility index (Phi) is 6.00. The minimum absolute atomic E-state index is 0.0329. The summed E-state index contributed by atoms with van der Waals surface area (Å²) in [6.45, 7) is 8.57. The van der Waals surface area contributed by atoms with Crippen molar-refractivity contribution in [2.75, 3.05) is 18.6 Å². The van der Waals surface area contributed by atoms with E-state index in [1.807, 2.05) is 44.2 Å².